The van der Waals surface area contributed by atoms with Crippen molar-refractivity contribution >= 4 is 34.8 Å². The lowest BCUT2D eigenvalue weighted by Gasteiger charge is -2.27. The summed E-state index contributed by atoms with van der Waals surface area (Å²) in [6.45, 7) is 1.35. The standard InChI is InChI=1S/C21H17Cl2N3O/c22-16-5-1-14(2-6-16)20-21(15-3-7-17(23)8-4-15)25-19(13-24-20)26-11-9-18(27)10-12-26/h1-8,13H,9-12H2. The van der Waals surface area contributed by atoms with E-state index in [9.17, 15) is 4.79 Å². The smallest absolute Gasteiger partial charge is 0.147 e. The molecular weight excluding hydrogens is 381 g/mol. The number of hydrogen-bond acceptors (Lipinski definition) is 4. The van der Waals surface area contributed by atoms with Gasteiger partial charge < -0.3 is 4.90 Å². The second kappa shape index (κ2) is 7.67. The number of ketones is 1. The number of anilines is 1. The number of carbonyl (C=O) groups is 1. The molecule has 0 spiro atoms. The molecule has 1 saturated heterocycles. The number of nitrogens with zero attached hydrogens (tertiary/aromatic N) is 3. The van der Waals surface area contributed by atoms with Gasteiger partial charge in [0.1, 0.15) is 11.6 Å². The van der Waals surface area contributed by atoms with Crippen molar-refractivity contribution in [3.8, 4) is 22.5 Å². The average molecular weight is 398 g/mol. The summed E-state index contributed by atoms with van der Waals surface area (Å²) in [5.41, 5.74) is 3.44. The first kappa shape index (κ1) is 18.0. The van der Waals surface area contributed by atoms with Crippen LogP contribution in [0, 0.1) is 0 Å². The van der Waals surface area contributed by atoms with E-state index < -0.39 is 0 Å². The predicted molar refractivity (Wildman–Crippen MR) is 109 cm³/mol. The lowest BCUT2D eigenvalue weighted by molar-refractivity contribution is -0.119. The molecule has 27 heavy (non-hydrogen) atoms. The topological polar surface area (TPSA) is 46.1 Å². The molecule has 0 amide bonds. The molecule has 1 aliphatic heterocycles. The summed E-state index contributed by atoms with van der Waals surface area (Å²) in [5, 5.41) is 1.35. The lowest BCUT2D eigenvalue weighted by Crippen LogP contribution is -2.34. The molecular formula is C21H17Cl2N3O. The van der Waals surface area contributed by atoms with Crippen LogP contribution in [0.4, 0.5) is 5.82 Å². The van der Waals surface area contributed by atoms with Gasteiger partial charge in [-0.3, -0.25) is 9.78 Å². The first-order valence-electron chi connectivity index (χ1n) is 8.76. The number of carbonyl (C=O) groups excluding carboxylic acids is 1. The van der Waals surface area contributed by atoms with Crippen LogP contribution < -0.4 is 4.90 Å². The molecule has 4 rings (SSSR count). The van der Waals surface area contributed by atoms with Gasteiger partial charge in [0, 0.05) is 47.1 Å². The number of Topliss-reactive ketones (excluding diaryl/α,β-unsaturated/α-hetero) is 1. The minimum absolute atomic E-state index is 0.301. The maximum Gasteiger partial charge on any atom is 0.147 e. The molecule has 0 bridgehead atoms. The zero-order chi connectivity index (χ0) is 18.8. The highest BCUT2D eigenvalue weighted by Gasteiger charge is 2.20. The second-order valence-corrected chi connectivity index (χ2v) is 7.34. The van der Waals surface area contributed by atoms with Crippen LogP contribution in [0.25, 0.3) is 22.5 Å². The maximum atomic E-state index is 11.5. The molecule has 0 unspecified atom stereocenters. The van der Waals surface area contributed by atoms with E-state index in [4.69, 9.17) is 33.2 Å². The summed E-state index contributed by atoms with van der Waals surface area (Å²) >= 11 is 12.1. The van der Waals surface area contributed by atoms with Gasteiger partial charge >= 0.3 is 0 Å². The monoisotopic (exact) mass is 397 g/mol. The van der Waals surface area contributed by atoms with Gasteiger partial charge in [0.25, 0.3) is 0 Å². The minimum Gasteiger partial charge on any atom is -0.354 e. The molecule has 2 aromatic carbocycles. The SMILES string of the molecule is O=C1CCN(c2cnc(-c3ccc(Cl)cc3)c(-c3ccc(Cl)cc3)n2)CC1. The number of piperidine rings is 1. The minimum atomic E-state index is 0.301. The Morgan fingerprint density at radius 3 is 1.85 bits per heavy atom. The Bertz CT molecular complexity index is 962. The van der Waals surface area contributed by atoms with E-state index in [1.165, 1.54) is 0 Å². The van der Waals surface area contributed by atoms with E-state index in [-0.39, 0.29) is 0 Å². The Labute approximate surface area is 167 Å². The van der Waals surface area contributed by atoms with Crippen LogP contribution in [0.3, 0.4) is 0 Å². The van der Waals surface area contributed by atoms with Crippen LogP contribution in [0.1, 0.15) is 12.8 Å². The second-order valence-electron chi connectivity index (χ2n) is 6.46. The summed E-state index contributed by atoms with van der Waals surface area (Å²) in [4.78, 5) is 23.3. The number of hydrogen-bond donors (Lipinski definition) is 0. The van der Waals surface area contributed by atoms with E-state index >= 15 is 0 Å². The first-order chi connectivity index (χ1) is 13.1. The fraction of sp³-hybridized carbons (Fsp3) is 0.190. The van der Waals surface area contributed by atoms with Crippen LogP contribution in [0.2, 0.25) is 10.0 Å². The van der Waals surface area contributed by atoms with Crippen molar-refractivity contribution in [1.29, 1.82) is 0 Å². The third-order valence-corrected chi connectivity index (χ3v) is 5.14. The maximum absolute atomic E-state index is 11.5. The molecule has 1 aliphatic rings. The number of aromatic nitrogens is 2. The molecule has 0 N–H and O–H groups in total. The normalized spacial score (nSPS) is 14.4. The van der Waals surface area contributed by atoms with E-state index in [1.54, 1.807) is 6.20 Å². The Hall–Kier alpha value is -2.43. The van der Waals surface area contributed by atoms with Crippen LogP contribution in [-0.4, -0.2) is 28.8 Å². The third kappa shape index (κ3) is 3.97. The van der Waals surface area contributed by atoms with Gasteiger partial charge in [-0.15, -0.1) is 0 Å². The quantitative estimate of drug-likeness (QED) is 0.602. The van der Waals surface area contributed by atoms with Gasteiger partial charge in [0.15, 0.2) is 0 Å². The largest absolute Gasteiger partial charge is 0.354 e. The van der Waals surface area contributed by atoms with Crippen LogP contribution >= 0.6 is 23.2 Å². The van der Waals surface area contributed by atoms with Crippen molar-refractivity contribution in [2.45, 2.75) is 12.8 Å². The lowest BCUT2D eigenvalue weighted by atomic mass is 10.0. The highest BCUT2D eigenvalue weighted by atomic mass is 35.5. The Balaban J connectivity index is 1.79. The molecule has 6 heteroatoms. The van der Waals surface area contributed by atoms with Crippen molar-refractivity contribution in [1.82, 2.24) is 9.97 Å². The van der Waals surface area contributed by atoms with Gasteiger partial charge in [-0.25, -0.2) is 4.98 Å². The predicted octanol–water partition coefficient (Wildman–Crippen LogP) is 5.29. The number of rotatable bonds is 3. The molecule has 0 saturated carbocycles. The van der Waals surface area contributed by atoms with E-state index in [0.29, 0.717) is 41.8 Å². The van der Waals surface area contributed by atoms with Gasteiger partial charge in [0.05, 0.1) is 17.6 Å². The van der Waals surface area contributed by atoms with Crippen molar-refractivity contribution < 1.29 is 4.79 Å². The van der Waals surface area contributed by atoms with Gasteiger partial charge in [0.2, 0.25) is 0 Å². The molecule has 136 valence electrons. The van der Waals surface area contributed by atoms with E-state index in [1.807, 2.05) is 48.5 Å². The molecule has 1 fully saturated rings. The molecule has 1 aromatic heterocycles. The zero-order valence-electron chi connectivity index (χ0n) is 14.5. The van der Waals surface area contributed by atoms with Gasteiger partial charge in [-0.2, -0.15) is 0 Å². The first-order valence-corrected chi connectivity index (χ1v) is 9.51. The highest BCUT2D eigenvalue weighted by Crippen LogP contribution is 2.32. The van der Waals surface area contributed by atoms with Gasteiger partial charge in [-0.05, 0) is 24.3 Å². The van der Waals surface area contributed by atoms with Gasteiger partial charge in [-0.1, -0.05) is 47.5 Å². The fourth-order valence-electron chi connectivity index (χ4n) is 3.15. The third-order valence-electron chi connectivity index (χ3n) is 4.64. The van der Waals surface area contributed by atoms with Crippen LogP contribution in [-0.2, 0) is 4.79 Å². The molecule has 2 heterocycles. The fourth-order valence-corrected chi connectivity index (χ4v) is 3.40. The number of benzene rings is 2. The molecule has 0 radical (unpaired) electrons. The number of halogens is 2. The van der Waals surface area contributed by atoms with Crippen molar-refractivity contribution in [2.75, 3.05) is 18.0 Å². The summed E-state index contributed by atoms with van der Waals surface area (Å²) < 4.78 is 0. The van der Waals surface area contributed by atoms with Crippen LogP contribution in [0.15, 0.2) is 54.7 Å². The van der Waals surface area contributed by atoms with Crippen molar-refractivity contribution in [3.63, 3.8) is 0 Å². The zero-order valence-corrected chi connectivity index (χ0v) is 16.0. The van der Waals surface area contributed by atoms with Crippen molar-refractivity contribution in [2.24, 2.45) is 0 Å². The molecule has 0 atom stereocenters. The summed E-state index contributed by atoms with van der Waals surface area (Å²) in [5.74, 6) is 1.08. The highest BCUT2D eigenvalue weighted by molar-refractivity contribution is 6.31. The summed E-state index contributed by atoms with van der Waals surface area (Å²) in [6.07, 6.45) is 2.88. The molecule has 3 aromatic rings. The summed E-state index contributed by atoms with van der Waals surface area (Å²) in [7, 11) is 0. The Morgan fingerprint density at radius 1 is 0.778 bits per heavy atom. The van der Waals surface area contributed by atoms with Crippen LogP contribution in [0.5, 0.6) is 0 Å². The summed E-state index contributed by atoms with van der Waals surface area (Å²) in [6, 6.07) is 15.1. The average Bonchev–Trinajstić information content (AvgIpc) is 2.69. The molecule has 4 nitrogen and oxygen atoms in total. The molecule has 0 aliphatic carbocycles. The van der Waals surface area contributed by atoms with E-state index in [2.05, 4.69) is 4.90 Å². The van der Waals surface area contributed by atoms with Crippen molar-refractivity contribution in [3.05, 3.63) is 64.8 Å². The van der Waals surface area contributed by atoms with E-state index in [0.717, 1.165) is 28.3 Å². The Morgan fingerprint density at radius 2 is 1.30 bits per heavy atom. The Kier molecular flexibility index (Phi) is 5.10.